The maximum atomic E-state index is 5.37. The minimum absolute atomic E-state index is 0.339. The number of benzene rings is 1. The quantitative estimate of drug-likeness (QED) is 0.894. The van der Waals surface area contributed by atoms with E-state index in [4.69, 9.17) is 9.47 Å². The van der Waals surface area contributed by atoms with E-state index in [0.717, 1.165) is 50.6 Å². The zero-order valence-corrected chi connectivity index (χ0v) is 11.1. The number of ether oxygens (including phenoxy) is 2. The van der Waals surface area contributed by atoms with Crippen LogP contribution < -0.4 is 14.8 Å². The van der Waals surface area contributed by atoms with Crippen molar-refractivity contribution in [3.63, 3.8) is 0 Å². The van der Waals surface area contributed by atoms with Crippen LogP contribution in [0.4, 0.5) is 0 Å². The second-order valence-corrected chi connectivity index (χ2v) is 4.90. The van der Waals surface area contributed by atoms with Crippen LogP contribution in [0.2, 0.25) is 0 Å². The van der Waals surface area contributed by atoms with Crippen LogP contribution in [0.3, 0.4) is 0 Å². The Morgan fingerprint density at radius 1 is 1.16 bits per heavy atom. The van der Waals surface area contributed by atoms with Crippen molar-refractivity contribution in [3.05, 3.63) is 29.8 Å². The van der Waals surface area contributed by atoms with Crippen LogP contribution >= 0.6 is 0 Å². The van der Waals surface area contributed by atoms with Crippen LogP contribution in [0.5, 0.6) is 11.5 Å². The lowest BCUT2D eigenvalue weighted by Gasteiger charge is -2.26. The average Bonchev–Trinajstić information content (AvgIpc) is 2.92. The number of hydrogen-bond acceptors (Lipinski definition) is 4. The monoisotopic (exact) mass is 260 g/mol. The molecule has 0 saturated carbocycles. The van der Waals surface area contributed by atoms with Gasteiger partial charge < -0.3 is 19.7 Å². The summed E-state index contributed by atoms with van der Waals surface area (Å²) in [4.78, 5) is 2.50. The maximum absolute atomic E-state index is 5.37. The van der Waals surface area contributed by atoms with Crippen LogP contribution in [0.1, 0.15) is 12.0 Å². The summed E-state index contributed by atoms with van der Waals surface area (Å²) < 4.78 is 10.7. The van der Waals surface area contributed by atoms with Gasteiger partial charge in [-0.2, -0.15) is 0 Å². The fraction of sp³-hybridized carbons (Fsp3) is 0.467. The van der Waals surface area contributed by atoms with Crippen molar-refractivity contribution in [2.24, 2.45) is 0 Å². The van der Waals surface area contributed by atoms with E-state index in [-0.39, 0.29) is 0 Å². The Morgan fingerprint density at radius 3 is 2.89 bits per heavy atom. The minimum atomic E-state index is 0.339. The Bertz CT molecular complexity index is 453. The highest BCUT2D eigenvalue weighted by Gasteiger charge is 2.12. The van der Waals surface area contributed by atoms with Crippen LogP contribution in [-0.2, 0) is 0 Å². The van der Waals surface area contributed by atoms with Gasteiger partial charge in [-0.15, -0.1) is 0 Å². The van der Waals surface area contributed by atoms with Gasteiger partial charge in [0.15, 0.2) is 11.5 Å². The third-order valence-electron chi connectivity index (χ3n) is 3.53. The Kier molecular flexibility index (Phi) is 4.01. The van der Waals surface area contributed by atoms with E-state index in [1.54, 1.807) is 0 Å². The van der Waals surface area contributed by atoms with Gasteiger partial charge in [0, 0.05) is 32.7 Å². The Balaban J connectivity index is 1.49. The maximum Gasteiger partial charge on any atom is 0.231 e. The second kappa shape index (κ2) is 6.08. The van der Waals surface area contributed by atoms with E-state index < -0.39 is 0 Å². The molecule has 2 heterocycles. The molecule has 3 rings (SSSR count). The SMILES string of the molecule is C(=C\c1ccc2c(c1)OCO2)/CCN1CCNCC1. The molecule has 4 heteroatoms. The normalized spacial score (nSPS) is 19.2. The molecular formula is C15H20N2O2. The van der Waals surface area contributed by atoms with E-state index in [0.29, 0.717) is 6.79 Å². The molecule has 1 N–H and O–H groups in total. The summed E-state index contributed by atoms with van der Waals surface area (Å²) in [5, 5.41) is 3.37. The van der Waals surface area contributed by atoms with E-state index in [1.165, 1.54) is 5.56 Å². The summed E-state index contributed by atoms with van der Waals surface area (Å²) in [5.74, 6) is 1.70. The molecule has 0 aromatic heterocycles. The summed E-state index contributed by atoms with van der Waals surface area (Å²) in [5.41, 5.74) is 1.17. The van der Waals surface area contributed by atoms with Crippen molar-refractivity contribution in [3.8, 4) is 11.5 Å². The standard InChI is InChI=1S/C15H20N2O2/c1(2-8-17-9-6-16-7-10-17)3-13-4-5-14-15(11-13)19-12-18-14/h1,3-5,11,16H,2,6-10,12H2/b3-1+. The first-order valence-corrected chi connectivity index (χ1v) is 6.91. The molecule has 0 aliphatic carbocycles. The van der Waals surface area contributed by atoms with Crippen LogP contribution in [0.25, 0.3) is 6.08 Å². The van der Waals surface area contributed by atoms with Crippen molar-refractivity contribution in [2.45, 2.75) is 6.42 Å². The molecule has 1 aromatic rings. The zero-order valence-electron chi connectivity index (χ0n) is 11.1. The Morgan fingerprint density at radius 2 is 2.00 bits per heavy atom. The molecule has 0 unspecified atom stereocenters. The van der Waals surface area contributed by atoms with E-state index >= 15 is 0 Å². The summed E-state index contributed by atoms with van der Waals surface area (Å²) in [7, 11) is 0. The number of rotatable bonds is 4. The number of nitrogens with one attached hydrogen (secondary N) is 1. The number of hydrogen-bond donors (Lipinski definition) is 1. The van der Waals surface area contributed by atoms with Gasteiger partial charge in [0.2, 0.25) is 6.79 Å². The van der Waals surface area contributed by atoms with Gasteiger partial charge in [-0.1, -0.05) is 18.2 Å². The van der Waals surface area contributed by atoms with Crippen molar-refractivity contribution >= 4 is 6.08 Å². The van der Waals surface area contributed by atoms with Crippen LogP contribution in [0.15, 0.2) is 24.3 Å². The Hall–Kier alpha value is -1.52. The highest BCUT2D eigenvalue weighted by molar-refractivity contribution is 5.56. The highest BCUT2D eigenvalue weighted by Crippen LogP contribution is 2.32. The van der Waals surface area contributed by atoms with Gasteiger partial charge in [-0.25, -0.2) is 0 Å². The Labute approximate surface area is 114 Å². The topological polar surface area (TPSA) is 33.7 Å². The molecule has 0 radical (unpaired) electrons. The first-order valence-electron chi connectivity index (χ1n) is 6.91. The summed E-state index contributed by atoms with van der Waals surface area (Å²) in [6, 6.07) is 6.07. The number of piperazine rings is 1. The van der Waals surface area contributed by atoms with E-state index in [9.17, 15) is 0 Å². The lowest BCUT2D eigenvalue weighted by atomic mass is 10.1. The number of fused-ring (bicyclic) bond motifs is 1. The third kappa shape index (κ3) is 3.28. The van der Waals surface area contributed by atoms with Gasteiger partial charge in [0.25, 0.3) is 0 Å². The van der Waals surface area contributed by atoms with E-state index in [1.807, 2.05) is 12.1 Å². The predicted octanol–water partition coefficient (Wildman–Crippen LogP) is 1.72. The van der Waals surface area contributed by atoms with Crippen molar-refractivity contribution < 1.29 is 9.47 Å². The molecule has 1 aromatic carbocycles. The fourth-order valence-electron chi connectivity index (χ4n) is 2.43. The largest absolute Gasteiger partial charge is 0.454 e. The molecule has 102 valence electrons. The fourth-order valence-corrected chi connectivity index (χ4v) is 2.43. The molecule has 19 heavy (non-hydrogen) atoms. The first-order chi connectivity index (χ1) is 9.42. The molecule has 1 fully saturated rings. The molecule has 1 saturated heterocycles. The summed E-state index contributed by atoms with van der Waals surface area (Å²) in [6.07, 6.45) is 5.48. The van der Waals surface area contributed by atoms with Gasteiger partial charge in [-0.05, 0) is 24.1 Å². The molecule has 4 nitrogen and oxygen atoms in total. The predicted molar refractivity (Wildman–Crippen MR) is 75.5 cm³/mol. The molecule has 0 amide bonds. The lowest BCUT2D eigenvalue weighted by molar-refractivity contribution is 0.174. The molecule has 0 bridgehead atoms. The summed E-state index contributed by atoms with van der Waals surface area (Å²) >= 11 is 0. The van der Waals surface area contributed by atoms with Crippen molar-refractivity contribution in [2.75, 3.05) is 39.5 Å². The molecule has 0 atom stereocenters. The van der Waals surface area contributed by atoms with Crippen molar-refractivity contribution in [1.82, 2.24) is 10.2 Å². The molecule has 0 spiro atoms. The highest BCUT2D eigenvalue weighted by atomic mass is 16.7. The van der Waals surface area contributed by atoms with Gasteiger partial charge in [0.05, 0.1) is 0 Å². The smallest absolute Gasteiger partial charge is 0.231 e. The minimum Gasteiger partial charge on any atom is -0.454 e. The van der Waals surface area contributed by atoms with Gasteiger partial charge in [0.1, 0.15) is 0 Å². The van der Waals surface area contributed by atoms with Crippen molar-refractivity contribution in [1.29, 1.82) is 0 Å². The third-order valence-corrected chi connectivity index (χ3v) is 3.53. The van der Waals surface area contributed by atoms with Crippen LogP contribution in [-0.4, -0.2) is 44.4 Å². The first kappa shape index (κ1) is 12.5. The zero-order chi connectivity index (χ0) is 12.9. The summed E-state index contributed by atoms with van der Waals surface area (Å²) in [6.45, 7) is 6.04. The average molecular weight is 260 g/mol. The molecule has 2 aliphatic rings. The molecule has 2 aliphatic heterocycles. The second-order valence-electron chi connectivity index (χ2n) is 4.90. The molecular weight excluding hydrogens is 240 g/mol. The lowest BCUT2D eigenvalue weighted by Crippen LogP contribution is -2.43. The number of nitrogens with zero attached hydrogens (tertiary/aromatic N) is 1. The van der Waals surface area contributed by atoms with Crippen LogP contribution in [0, 0.1) is 0 Å². The van der Waals surface area contributed by atoms with Gasteiger partial charge >= 0.3 is 0 Å². The van der Waals surface area contributed by atoms with Gasteiger partial charge in [-0.3, -0.25) is 0 Å². The van der Waals surface area contributed by atoms with E-state index in [2.05, 4.69) is 28.4 Å².